The van der Waals surface area contributed by atoms with Gasteiger partial charge in [0.25, 0.3) is 0 Å². The Kier molecular flexibility index (Phi) is 3.89. The summed E-state index contributed by atoms with van der Waals surface area (Å²) in [4.78, 5) is -0.621. The van der Waals surface area contributed by atoms with Crippen LogP contribution in [0.5, 0.6) is 0 Å². The van der Waals surface area contributed by atoms with Crippen molar-refractivity contribution in [3.8, 4) is 0 Å². The van der Waals surface area contributed by atoms with Gasteiger partial charge in [-0.15, -0.1) is 0 Å². The van der Waals surface area contributed by atoms with E-state index in [-0.39, 0.29) is 4.90 Å². The van der Waals surface area contributed by atoms with Crippen LogP contribution in [-0.2, 0) is 20.0 Å². The molecule has 2 aromatic carbocycles. The summed E-state index contributed by atoms with van der Waals surface area (Å²) in [6.45, 7) is 0. The maximum absolute atomic E-state index is 12.7. The lowest BCUT2D eigenvalue weighted by atomic mass is 10.4. The van der Waals surface area contributed by atoms with Gasteiger partial charge in [-0.25, -0.2) is 21.2 Å². The Morgan fingerprint density at radius 3 is 1.65 bits per heavy atom. The molecule has 2 rings (SSSR count). The Hall–Kier alpha value is -1.77. The van der Waals surface area contributed by atoms with Gasteiger partial charge >= 0.3 is 0 Å². The maximum Gasteiger partial charge on any atom is 0.123 e. The average Bonchev–Trinajstić information content (AvgIpc) is 2.39. The average molecular weight is 314 g/mol. The predicted octanol–water partition coefficient (Wildman–Crippen LogP) is 2.28. The van der Waals surface area contributed by atoms with Gasteiger partial charge in [0.1, 0.15) is 25.9 Å². The monoisotopic (exact) mass is 314 g/mol. The van der Waals surface area contributed by atoms with Gasteiger partial charge in [0, 0.05) is 9.79 Å². The molecule has 106 valence electrons. The molecule has 0 saturated carbocycles. The van der Waals surface area contributed by atoms with Crippen LogP contribution < -0.4 is 0 Å². The van der Waals surface area contributed by atoms with E-state index in [4.69, 9.17) is 0 Å². The summed E-state index contributed by atoms with van der Waals surface area (Å²) >= 11 is 0. The lowest BCUT2D eigenvalue weighted by molar-refractivity contribution is 0.595. The van der Waals surface area contributed by atoms with Gasteiger partial charge in [-0.2, -0.15) is 0 Å². The fourth-order valence-electron chi connectivity index (χ4n) is 1.41. The van der Waals surface area contributed by atoms with Gasteiger partial charge in [-0.1, -0.05) is 18.2 Å². The van der Waals surface area contributed by atoms with Crippen LogP contribution in [0.3, 0.4) is 0 Å². The Morgan fingerprint density at radius 1 is 0.700 bits per heavy atom. The van der Waals surface area contributed by atoms with E-state index in [1.807, 2.05) is 0 Å². The number of nitrogens with zero attached hydrogens (tertiary/aromatic N) is 1. The molecular formula is C12H9FNO4S2-. The minimum Gasteiger partial charge on any atom is -0.428 e. The topological polar surface area (TPSA) is 82.4 Å². The molecule has 0 fully saturated rings. The maximum atomic E-state index is 12.7. The van der Waals surface area contributed by atoms with E-state index < -0.39 is 30.8 Å². The van der Waals surface area contributed by atoms with E-state index in [1.54, 1.807) is 6.07 Å². The normalized spacial score (nSPS) is 12.2. The van der Waals surface area contributed by atoms with Crippen molar-refractivity contribution in [1.29, 1.82) is 0 Å². The van der Waals surface area contributed by atoms with E-state index in [9.17, 15) is 21.2 Å². The Balaban J connectivity index is 2.36. The zero-order chi connectivity index (χ0) is 14.8. The zero-order valence-electron chi connectivity index (χ0n) is 9.97. The predicted molar refractivity (Wildman–Crippen MR) is 70.6 cm³/mol. The summed E-state index contributed by atoms with van der Waals surface area (Å²) in [6.07, 6.45) is 0. The molecule has 0 aliphatic heterocycles. The summed E-state index contributed by atoms with van der Waals surface area (Å²) in [5.74, 6) is -0.630. The van der Waals surface area contributed by atoms with Crippen LogP contribution in [0.1, 0.15) is 0 Å². The molecule has 0 atom stereocenters. The molecule has 8 heteroatoms. The van der Waals surface area contributed by atoms with Crippen molar-refractivity contribution < 1.29 is 21.2 Å². The quantitative estimate of drug-likeness (QED) is 0.867. The van der Waals surface area contributed by atoms with E-state index >= 15 is 0 Å². The lowest BCUT2D eigenvalue weighted by Crippen LogP contribution is -2.08. The number of rotatable bonds is 4. The molecule has 0 spiro atoms. The van der Waals surface area contributed by atoms with Crippen LogP contribution in [0.2, 0.25) is 0 Å². The van der Waals surface area contributed by atoms with Gasteiger partial charge in [-0.3, -0.25) is 0 Å². The third-order valence-electron chi connectivity index (χ3n) is 2.35. The Labute approximate surface area is 116 Å². The Morgan fingerprint density at radius 2 is 1.15 bits per heavy atom. The second kappa shape index (κ2) is 5.31. The van der Waals surface area contributed by atoms with E-state index in [0.717, 1.165) is 24.3 Å². The van der Waals surface area contributed by atoms with Crippen molar-refractivity contribution in [3.05, 3.63) is 64.5 Å². The van der Waals surface area contributed by atoms with Gasteiger partial charge in [0.2, 0.25) is 0 Å². The Bertz CT molecular complexity index is 800. The molecule has 0 N–H and O–H groups in total. The van der Waals surface area contributed by atoms with Gasteiger partial charge in [0.05, 0.1) is 0 Å². The number of halogens is 1. The molecular weight excluding hydrogens is 305 g/mol. The van der Waals surface area contributed by atoms with Gasteiger partial charge in [-0.05, 0) is 36.4 Å². The van der Waals surface area contributed by atoms with Crippen molar-refractivity contribution in [2.75, 3.05) is 0 Å². The molecule has 0 aliphatic rings. The van der Waals surface area contributed by atoms with Gasteiger partial charge in [0.15, 0.2) is 0 Å². The fraction of sp³-hybridized carbons (Fsp3) is 0. The first kappa shape index (κ1) is 14.6. The second-order valence-electron chi connectivity index (χ2n) is 3.79. The minimum atomic E-state index is -4.41. The first-order valence-electron chi connectivity index (χ1n) is 5.36. The third-order valence-corrected chi connectivity index (χ3v) is 5.65. The molecule has 2 aromatic rings. The molecule has 0 saturated heterocycles. The molecule has 0 heterocycles. The summed E-state index contributed by atoms with van der Waals surface area (Å²) in [6, 6.07) is 10.7. The van der Waals surface area contributed by atoms with E-state index in [2.05, 4.69) is 4.13 Å². The highest BCUT2D eigenvalue weighted by atomic mass is 32.3. The highest BCUT2D eigenvalue weighted by Gasteiger charge is 2.12. The smallest absolute Gasteiger partial charge is 0.123 e. The number of sulfonamides is 2. The fourth-order valence-corrected chi connectivity index (χ4v) is 4.12. The van der Waals surface area contributed by atoms with Crippen molar-refractivity contribution >= 4 is 20.0 Å². The number of hydrogen-bond acceptors (Lipinski definition) is 4. The van der Waals surface area contributed by atoms with Crippen LogP contribution in [0.4, 0.5) is 4.39 Å². The molecule has 0 unspecified atom stereocenters. The first-order valence-corrected chi connectivity index (χ1v) is 8.24. The molecule has 0 bridgehead atoms. The number of benzene rings is 2. The molecule has 0 aromatic heterocycles. The van der Waals surface area contributed by atoms with Crippen LogP contribution in [0.25, 0.3) is 4.13 Å². The third kappa shape index (κ3) is 3.21. The van der Waals surface area contributed by atoms with Crippen molar-refractivity contribution in [2.24, 2.45) is 0 Å². The number of hydrogen-bond donors (Lipinski definition) is 0. The molecule has 0 amide bonds. The standard InChI is InChI=1S/C12H9FNO4S2/c13-10-6-8-12(9-7-10)20(17,18)14-19(15,16)11-4-2-1-3-5-11/h1-9H/q-1. The van der Waals surface area contributed by atoms with Crippen molar-refractivity contribution in [2.45, 2.75) is 9.79 Å². The van der Waals surface area contributed by atoms with Gasteiger partial charge < -0.3 is 4.13 Å². The summed E-state index contributed by atoms with van der Waals surface area (Å²) in [5, 5.41) is 0. The van der Waals surface area contributed by atoms with Crippen LogP contribution in [-0.4, -0.2) is 16.8 Å². The first-order chi connectivity index (χ1) is 9.31. The SMILES string of the molecule is O=S(=O)([N-]S(=O)(=O)c1ccc(F)cc1)c1ccccc1. The molecule has 0 aliphatic carbocycles. The van der Waals surface area contributed by atoms with E-state index in [0.29, 0.717) is 0 Å². The summed E-state index contributed by atoms with van der Waals surface area (Å²) in [5.41, 5.74) is 0. The highest BCUT2D eigenvalue weighted by molar-refractivity contribution is 8.12. The van der Waals surface area contributed by atoms with Crippen molar-refractivity contribution in [1.82, 2.24) is 0 Å². The van der Waals surface area contributed by atoms with Crippen LogP contribution in [0.15, 0.2) is 64.4 Å². The molecule has 0 radical (unpaired) electrons. The van der Waals surface area contributed by atoms with E-state index in [1.165, 1.54) is 24.3 Å². The van der Waals surface area contributed by atoms with Crippen LogP contribution >= 0.6 is 0 Å². The highest BCUT2D eigenvalue weighted by Crippen LogP contribution is 2.25. The van der Waals surface area contributed by atoms with Crippen LogP contribution in [0, 0.1) is 5.82 Å². The lowest BCUT2D eigenvalue weighted by Gasteiger charge is -2.20. The molecule has 20 heavy (non-hydrogen) atoms. The summed E-state index contributed by atoms with van der Waals surface area (Å²) < 4.78 is 63.1. The summed E-state index contributed by atoms with van der Waals surface area (Å²) in [7, 11) is -8.75. The largest absolute Gasteiger partial charge is 0.428 e. The zero-order valence-corrected chi connectivity index (χ0v) is 11.6. The second-order valence-corrected chi connectivity index (χ2v) is 7.23. The van der Waals surface area contributed by atoms with Crippen molar-refractivity contribution in [3.63, 3.8) is 0 Å². The molecule has 5 nitrogen and oxygen atoms in total. The minimum absolute atomic E-state index is 0.231.